The summed E-state index contributed by atoms with van der Waals surface area (Å²) >= 11 is 7.50. The largest absolute Gasteiger partial charge is 0.477 e. The molecule has 0 aliphatic carbocycles. The van der Waals surface area contributed by atoms with Crippen molar-refractivity contribution in [2.24, 2.45) is 0 Å². The van der Waals surface area contributed by atoms with Gasteiger partial charge in [-0.1, -0.05) is 23.7 Å². The van der Waals surface area contributed by atoms with E-state index in [0.717, 1.165) is 26.5 Å². The Morgan fingerprint density at radius 2 is 1.97 bits per heavy atom. The number of thiazole rings is 1. The first-order valence-corrected chi connectivity index (χ1v) is 9.82. The van der Waals surface area contributed by atoms with Crippen LogP contribution in [-0.4, -0.2) is 25.6 Å². The first kappa shape index (κ1) is 19.1. The lowest BCUT2D eigenvalue weighted by Gasteiger charge is -2.15. The number of nitrogens with zero attached hydrogens (tertiary/aromatic N) is 3. The molecule has 0 atom stereocenters. The predicted molar refractivity (Wildman–Crippen MR) is 114 cm³/mol. The molecule has 146 valence electrons. The Labute approximate surface area is 174 Å². The quantitative estimate of drug-likeness (QED) is 0.493. The van der Waals surface area contributed by atoms with Crippen LogP contribution in [0.25, 0.3) is 10.2 Å². The molecule has 2 aromatic heterocycles. The van der Waals surface area contributed by atoms with Crippen molar-refractivity contribution < 1.29 is 9.90 Å². The van der Waals surface area contributed by atoms with E-state index in [4.69, 9.17) is 11.6 Å². The first-order chi connectivity index (χ1) is 13.9. The van der Waals surface area contributed by atoms with Crippen molar-refractivity contribution in [2.45, 2.75) is 13.5 Å². The van der Waals surface area contributed by atoms with Gasteiger partial charge in [0.15, 0.2) is 0 Å². The van der Waals surface area contributed by atoms with Gasteiger partial charge in [-0.25, -0.2) is 9.78 Å². The van der Waals surface area contributed by atoms with Crippen molar-refractivity contribution in [2.75, 3.05) is 5.32 Å². The fourth-order valence-corrected chi connectivity index (χ4v) is 3.89. The van der Waals surface area contributed by atoms with Gasteiger partial charge in [0, 0.05) is 16.9 Å². The number of aryl methyl sites for hydroxylation is 1. The minimum Gasteiger partial charge on any atom is -0.477 e. The van der Waals surface area contributed by atoms with Crippen LogP contribution in [0.5, 0.6) is 0 Å². The van der Waals surface area contributed by atoms with Crippen molar-refractivity contribution in [3.8, 4) is 0 Å². The van der Waals surface area contributed by atoms with Gasteiger partial charge in [0.2, 0.25) is 5.95 Å². The summed E-state index contributed by atoms with van der Waals surface area (Å²) in [5.41, 5.74) is 1.31. The van der Waals surface area contributed by atoms with Crippen molar-refractivity contribution in [1.29, 1.82) is 0 Å². The number of rotatable bonds is 5. The van der Waals surface area contributed by atoms with Crippen LogP contribution in [0.3, 0.4) is 0 Å². The van der Waals surface area contributed by atoms with E-state index in [9.17, 15) is 14.7 Å². The van der Waals surface area contributed by atoms with Crippen LogP contribution in [0.15, 0.2) is 53.5 Å². The molecule has 0 saturated carbocycles. The lowest BCUT2D eigenvalue weighted by molar-refractivity contribution is 0.0694. The molecule has 7 nitrogen and oxygen atoms in total. The van der Waals surface area contributed by atoms with E-state index in [2.05, 4.69) is 15.3 Å². The maximum Gasteiger partial charge on any atom is 0.342 e. The Hall–Kier alpha value is -3.23. The molecule has 2 aromatic carbocycles. The third-order valence-corrected chi connectivity index (χ3v) is 5.43. The van der Waals surface area contributed by atoms with E-state index in [-0.39, 0.29) is 5.95 Å². The summed E-state index contributed by atoms with van der Waals surface area (Å²) in [4.78, 5) is 32.0. The van der Waals surface area contributed by atoms with Gasteiger partial charge in [0.05, 0.1) is 21.8 Å². The highest BCUT2D eigenvalue weighted by Gasteiger charge is 2.15. The Morgan fingerprint density at radius 3 is 2.69 bits per heavy atom. The number of benzene rings is 2. The molecule has 2 N–H and O–H groups in total. The van der Waals surface area contributed by atoms with Crippen LogP contribution in [-0.2, 0) is 6.54 Å². The summed E-state index contributed by atoms with van der Waals surface area (Å²) < 4.78 is 2.59. The van der Waals surface area contributed by atoms with Crippen LogP contribution in [0.1, 0.15) is 20.9 Å². The normalized spacial score (nSPS) is 11.0. The first-order valence-electron chi connectivity index (χ1n) is 8.62. The van der Waals surface area contributed by atoms with Crippen LogP contribution in [0, 0.1) is 6.92 Å². The summed E-state index contributed by atoms with van der Waals surface area (Å²) in [5.74, 6) is -1.07. The SMILES string of the molecule is Cc1nc2ccc(Nc3nc(=O)c(C(=O)O)cn3Cc3ccc(Cl)cc3)cc2s1. The third kappa shape index (κ3) is 4.13. The molecule has 0 radical (unpaired) electrons. The number of aromatic nitrogens is 3. The molecule has 0 bridgehead atoms. The van der Waals surface area contributed by atoms with Gasteiger partial charge in [0.25, 0.3) is 5.56 Å². The third-order valence-electron chi connectivity index (χ3n) is 4.24. The number of hydrogen-bond acceptors (Lipinski definition) is 6. The molecule has 0 saturated heterocycles. The number of halogens is 1. The molecule has 4 aromatic rings. The lowest BCUT2D eigenvalue weighted by Crippen LogP contribution is -2.23. The van der Waals surface area contributed by atoms with Gasteiger partial charge < -0.3 is 15.0 Å². The second kappa shape index (κ2) is 7.65. The second-order valence-electron chi connectivity index (χ2n) is 6.38. The average molecular weight is 427 g/mol. The van der Waals surface area contributed by atoms with Crippen molar-refractivity contribution in [3.63, 3.8) is 0 Å². The van der Waals surface area contributed by atoms with Crippen LogP contribution in [0.4, 0.5) is 11.6 Å². The highest BCUT2D eigenvalue weighted by molar-refractivity contribution is 7.18. The maximum absolute atomic E-state index is 12.2. The monoisotopic (exact) mass is 426 g/mol. The zero-order chi connectivity index (χ0) is 20.5. The number of nitrogens with one attached hydrogen (secondary N) is 1. The molecule has 0 spiro atoms. The van der Waals surface area contributed by atoms with Gasteiger partial charge >= 0.3 is 5.97 Å². The number of hydrogen-bond donors (Lipinski definition) is 2. The van der Waals surface area contributed by atoms with E-state index >= 15 is 0 Å². The summed E-state index contributed by atoms with van der Waals surface area (Å²) in [6.45, 7) is 2.25. The lowest BCUT2D eigenvalue weighted by atomic mass is 10.2. The van der Waals surface area contributed by atoms with E-state index in [1.54, 1.807) is 28.0 Å². The van der Waals surface area contributed by atoms with E-state index < -0.39 is 17.1 Å². The molecule has 0 aliphatic heterocycles. The molecule has 0 fully saturated rings. The Balaban J connectivity index is 1.75. The highest BCUT2D eigenvalue weighted by atomic mass is 35.5. The zero-order valence-corrected chi connectivity index (χ0v) is 16.8. The smallest absolute Gasteiger partial charge is 0.342 e. The van der Waals surface area contributed by atoms with Crippen LogP contribution < -0.4 is 10.9 Å². The van der Waals surface area contributed by atoms with Crippen molar-refractivity contribution in [3.05, 3.63) is 80.2 Å². The standard InChI is InChI=1S/C20H15ClN4O3S/c1-11-22-16-7-6-14(8-17(16)29-11)23-20-24-18(26)15(19(27)28)10-25(20)9-12-2-4-13(21)5-3-12/h2-8,10H,9H2,1H3,(H,27,28)(H,23,24,26). The predicted octanol–water partition coefficient (Wildman–Crippen LogP) is 4.30. The molecular formula is C20H15ClN4O3S. The number of carboxylic acids is 1. The maximum atomic E-state index is 12.2. The molecule has 0 unspecified atom stereocenters. The van der Waals surface area contributed by atoms with E-state index in [1.807, 2.05) is 37.3 Å². The number of carboxylic acid groups (broad SMARTS) is 1. The van der Waals surface area contributed by atoms with Crippen LogP contribution >= 0.6 is 22.9 Å². The van der Waals surface area contributed by atoms with Gasteiger partial charge in [-0.3, -0.25) is 4.79 Å². The second-order valence-corrected chi connectivity index (χ2v) is 8.05. The van der Waals surface area contributed by atoms with Gasteiger partial charge in [-0.2, -0.15) is 4.98 Å². The number of carbonyl (C=O) groups is 1. The molecule has 0 amide bonds. The fourth-order valence-electron chi connectivity index (χ4n) is 2.89. The van der Waals surface area contributed by atoms with Gasteiger partial charge in [-0.05, 0) is 42.8 Å². The minimum absolute atomic E-state index is 0.246. The summed E-state index contributed by atoms with van der Waals surface area (Å²) in [6, 6.07) is 12.8. The number of aromatic carboxylic acids is 1. The molecule has 2 heterocycles. The zero-order valence-electron chi connectivity index (χ0n) is 15.2. The molecule has 9 heteroatoms. The summed E-state index contributed by atoms with van der Waals surface area (Å²) in [6.07, 6.45) is 1.30. The Morgan fingerprint density at radius 1 is 1.21 bits per heavy atom. The van der Waals surface area contributed by atoms with Crippen molar-refractivity contribution >= 4 is 50.8 Å². The van der Waals surface area contributed by atoms with Crippen LogP contribution in [0.2, 0.25) is 5.02 Å². The Bertz CT molecular complexity index is 1280. The van der Waals surface area contributed by atoms with E-state index in [0.29, 0.717) is 11.6 Å². The topological polar surface area (TPSA) is 97.1 Å². The average Bonchev–Trinajstić information content (AvgIpc) is 3.04. The fraction of sp³-hybridized carbons (Fsp3) is 0.100. The van der Waals surface area contributed by atoms with Crippen molar-refractivity contribution in [1.82, 2.24) is 14.5 Å². The summed E-state index contributed by atoms with van der Waals surface area (Å²) in [7, 11) is 0. The molecule has 4 rings (SSSR count). The van der Waals surface area contributed by atoms with Gasteiger partial charge in [-0.15, -0.1) is 11.3 Å². The molecule has 29 heavy (non-hydrogen) atoms. The van der Waals surface area contributed by atoms with E-state index in [1.165, 1.54) is 6.20 Å². The highest BCUT2D eigenvalue weighted by Crippen LogP contribution is 2.26. The minimum atomic E-state index is -1.32. The Kier molecular flexibility index (Phi) is 5.04. The summed E-state index contributed by atoms with van der Waals surface area (Å²) in [5, 5.41) is 14.0. The number of fused-ring (bicyclic) bond motifs is 1. The molecular weight excluding hydrogens is 412 g/mol. The molecule has 0 aliphatic rings. The number of anilines is 2. The van der Waals surface area contributed by atoms with Gasteiger partial charge in [0.1, 0.15) is 5.56 Å².